The van der Waals surface area contributed by atoms with Crippen molar-refractivity contribution in [2.75, 3.05) is 7.11 Å². The molecule has 0 aliphatic rings. The maximum absolute atomic E-state index is 12.1. The number of aromatic nitrogens is 1. The van der Waals surface area contributed by atoms with Gasteiger partial charge in [-0.25, -0.2) is 4.79 Å². The minimum absolute atomic E-state index is 0.131. The molecule has 3 rings (SSSR count). The van der Waals surface area contributed by atoms with Crippen LogP contribution < -0.4 is 9.47 Å². The molecule has 0 saturated carbocycles. The zero-order valence-electron chi connectivity index (χ0n) is 11.8. The van der Waals surface area contributed by atoms with Crippen molar-refractivity contribution in [1.29, 1.82) is 0 Å². The quantitative estimate of drug-likeness (QED) is 0.422. The molecular weight excluding hydrogens is 302 g/mol. The number of carbonyl (C=O) groups is 1. The third-order valence-corrected chi connectivity index (χ3v) is 4.13. The van der Waals surface area contributed by atoms with Gasteiger partial charge < -0.3 is 14.7 Å². The topological polar surface area (TPSA) is 62.5 Å². The molecule has 0 N–H and O–H groups in total. The molecule has 3 aromatic rings. The molecule has 0 atom stereocenters. The monoisotopic (exact) mass is 315 g/mol. The molecule has 1 aromatic carbocycles. The van der Waals surface area contributed by atoms with Crippen molar-refractivity contribution in [2.24, 2.45) is 0 Å². The van der Waals surface area contributed by atoms with Gasteiger partial charge in [0.15, 0.2) is 6.20 Å². The lowest BCUT2D eigenvalue weighted by molar-refractivity contribution is -0.607. The number of thiophene rings is 1. The van der Waals surface area contributed by atoms with E-state index >= 15 is 0 Å². The Balaban J connectivity index is 2.05. The summed E-state index contributed by atoms with van der Waals surface area (Å²) >= 11 is 1.41. The van der Waals surface area contributed by atoms with Crippen LogP contribution in [0.2, 0.25) is 0 Å². The van der Waals surface area contributed by atoms with Crippen LogP contribution >= 0.6 is 11.3 Å². The summed E-state index contributed by atoms with van der Waals surface area (Å²) in [6.07, 6.45) is 1.35. The van der Waals surface area contributed by atoms with Crippen molar-refractivity contribution >= 4 is 27.4 Å². The first kappa shape index (κ1) is 14.3. The van der Waals surface area contributed by atoms with Gasteiger partial charge in [0, 0.05) is 0 Å². The van der Waals surface area contributed by atoms with Crippen molar-refractivity contribution in [1.82, 2.24) is 0 Å². The van der Waals surface area contributed by atoms with E-state index < -0.39 is 5.97 Å². The van der Waals surface area contributed by atoms with Gasteiger partial charge in [-0.1, -0.05) is 30.3 Å². The van der Waals surface area contributed by atoms with E-state index in [4.69, 9.17) is 9.47 Å². The number of ether oxygens (including phenoxy) is 2. The highest BCUT2D eigenvalue weighted by Crippen LogP contribution is 2.32. The molecule has 0 bridgehead atoms. The highest BCUT2D eigenvalue weighted by atomic mass is 32.1. The van der Waals surface area contributed by atoms with Crippen molar-refractivity contribution in [3.8, 4) is 5.75 Å². The van der Waals surface area contributed by atoms with E-state index in [1.165, 1.54) is 24.6 Å². The summed E-state index contributed by atoms with van der Waals surface area (Å²) in [6, 6.07) is 11.4. The van der Waals surface area contributed by atoms with Gasteiger partial charge in [0.25, 0.3) is 0 Å². The maximum Gasteiger partial charge on any atom is 0.408 e. The van der Waals surface area contributed by atoms with Crippen LogP contribution in [0.1, 0.15) is 16.1 Å². The normalized spacial score (nSPS) is 10.6. The fourth-order valence-electron chi connectivity index (χ4n) is 2.15. The molecule has 0 amide bonds. The second-order valence-corrected chi connectivity index (χ2v) is 5.52. The molecule has 0 fully saturated rings. The number of rotatable bonds is 4. The summed E-state index contributed by atoms with van der Waals surface area (Å²) in [4.78, 5) is 11.9. The highest BCUT2D eigenvalue weighted by molar-refractivity contribution is 7.17. The summed E-state index contributed by atoms with van der Waals surface area (Å²) < 4.78 is 11.7. The minimum atomic E-state index is -0.714. The Labute approximate surface area is 130 Å². The number of esters is 1. The maximum atomic E-state index is 12.1. The van der Waals surface area contributed by atoms with Crippen LogP contribution in [0, 0.1) is 5.21 Å². The van der Waals surface area contributed by atoms with Crippen LogP contribution in [-0.2, 0) is 11.3 Å². The number of fused-ring (bicyclic) bond motifs is 1. The summed E-state index contributed by atoms with van der Waals surface area (Å²) in [6.45, 7) is 0.266. The lowest BCUT2D eigenvalue weighted by Crippen LogP contribution is -2.35. The first-order valence-electron chi connectivity index (χ1n) is 6.59. The van der Waals surface area contributed by atoms with Gasteiger partial charge in [-0.15, -0.1) is 11.3 Å². The number of carbonyl (C=O) groups excluding carboxylic acids is 1. The highest BCUT2D eigenvalue weighted by Gasteiger charge is 2.28. The molecule has 0 unspecified atom stereocenters. The molecule has 0 saturated heterocycles. The van der Waals surface area contributed by atoms with Gasteiger partial charge in [-0.05, 0) is 17.0 Å². The third kappa shape index (κ3) is 2.60. The van der Waals surface area contributed by atoms with Crippen LogP contribution in [0.15, 0.2) is 48.0 Å². The van der Waals surface area contributed by atoms with Crippen molar-refractivity contribution in [3.63, 3.8) is 0 Å². The molecule has 0 spiro atoms. The molecule has 0 radical (unpaired) electrons. The number of hydrogen-bond donors (Lipinski definition) is 0. The predicted octanol–water partition coefficient (Wildman–Crippen LogP) is 2.90. The van der Waals surface area contributed by atoms with Crippen LogP contribution in [0.4, 0.5) is 0 Å². The number of pyridine rings is 1. The van der Waals surface area contributed by atoms with Gasteiger partial charge in [0.05, 0.1) is 17.2 Å². The van der Waals surface area contributed by atoms with E-state index in [1.54, 1.807) is 0 Å². The second kappa shape index (κ2) is 6.03. The number of hydrogen-bond acceptors (Lipinski definition) is 5. The molecule has 2 aromatic heterocycles. The van der Waals surface area contributed by atoms with Crippen molar-refractivity contribution in [2.45, 2.75) is 6.61 Å². The third-order valence-electron chi connectivity index (χ3n) is 3.20. The molecule has 5 nitrogen and oxygen atoms in total. The number of benzene rings is 1. The smallest absolute Gasteiger partial charge is 0.408 e. The zero-order chi connectivity index (χ0) is 15.5. The van der Waals surface area contributed by atoms with Gasteiger partial charge >= 0.3 is 11.7 Å². The largest absolute Gasteiger partial charge is 0.618 e. The van der Waals surface area contributed by atoms with Crippen molar-refractivity contribution < 1.29 is 19.0 Å². The Kier molecular flexibility index (Phi) is 3.93. The molecule has 112 valence electrons. The Bertz CT molecular complexity index is 814. The fraction of sp³-hybridized carbons (Fsp3) is 0.125. The Morgan fingerprint density at radius 2 is 2.05 bits per heavy atom. The number of methoxy groups -OCH3 is 1. The molecule has 0 aliphatic heterocycles. The van der Waals surface area contributed by atoms with E-state index in [9.17, 15) is 10.0 Å². The first-order valence-corrected chi connectivity index (χ1v) is 7.47. The summed E-state index contributed by atoms with van der Waals surface area (Å²) in [5.74, 6) is -0.452. The SMILES string of the molecule is COC(=O)c1c(OCc2ccccc2)c2sccc2c[n+]1[O-]. The van der Waals surface area contributed by atoms with E-state index in [0.29, 0.717) is 4.73 Å². The second-order valence-electron chi connectivity index (χ2n) is 4.60. The van der Waals surface area contributed by atoms with Crippen LogP contribution in [-0.4, -0.2) is 13.1 Å². The Morgan fingerprint density at radius 3 is 2.77 bits per heavy atom. The molecule has 2 heterocycles. The van der Waals surface area contributed by atoms with Crippen molar-refractivity contribution in [3.05, 3.63) is 64.4 Å². The van der Waals surface area contributed by atoms with E-state index in [2.05, 4.69) is 0 Å². The first-order chi connectivity index (χ1) is 10.7. The molecule has 6 heteroatoms. The van der Waals surface area contributed by atoms with Gasteiger partial charge in [-0.2, -0.15) is 4.73 Å². The van der Waals surface area contributed by atoms with E-state index in [0.717, 1.165) is 15.6 Å². The summed E-state index contributed by atoms with van der Waals surface area (Å²) in [7, 11) is 1.24. The van der Waals surface area contributed by atoms with E-state index in [1.807, 2.05) is 41.8 Å². The number of nitrogens with zero attached hydrogens (tertiary/aromatic N) is 1. The lowest BCUT2D eigenvalue weighted by Gasteiger charge is -2.11. The lowest BCUT2D eigenvalue weighted by atomic mass is 10.2. The van der Waals surface area contributed by atoms with Gasteiger partial charge in [0.1, 0.15) is 6.61 Å². The standard InChI is InChI=1S/C16H13NO4S/c1-20-16(18)13-14(21-10-11-5-3-2-4-6-11)15-12(7-8-22-15)9-17(13)19/h2-9H,10H2,1H3. The van der Waals surface area contributed by atoms with E-state index in [-0.39, 0.29) is 18.1 Å². The average Bonchev–Trinajstić information content (AvgIpc) is 3.00. The fourth-order valence-corrected chi connectivity index (χ4v) is 3.02. The Hall–Kier alpha value is -2.60. The average molecular weight is 315 g/mol. The molecule has 0 aliphatic carbocycles. The zero-order valence-corrected chi connectivity index (χ0v) is 12.6. The molecular formula is C16H13NO4S. The van der Waals surface area contributed by atoms with Crippen LogP contribution in [0.5, 0.6) is 5.75 Å². The van der Waals surface area contributed by atoms with Gasteiger partial charge in [0.2, 0.25) is 5.75 Å². The summed E-state index contributed by atoms with van der Waals surface area (Å²) in [5, 5.41) is 14.7. The summed E-state index contributed by atoms with van der Waals surface area (Å²) in [5.41, 5.74) is 0.817. The minimum Gasteiger partial charge on any atom is -0.618 e. The van der Waals surface area contributed by atoms with Crippen LogP contribution in [0.3, 0.4) is 0 Å². The van der Waals surface area contributed by atoms with Gasteiger partial charge in [-0.3, -0.25) is 0 Å². The Morgan fingerprint density at radius 1 is 1.27 bits per heavy atom. The van der Waals surface area contributed by atoms with Crippen LogP contribution in [0.25, 0.3) is 10.1 Å². The predicted molar refractivity (Wildman–Crippen MR) is 82.9 cm³/mol. The molecule has 22 heavy (non-hydrogen) atoms.